The molecule has 0 unspecified atom stereocenters. The molecule has 19 heavy (non-hydrogen) atoms. The average Bonchev–Trinajstić information content (AvgIpc) is 2.77. The van der Waals surface area contributed by atoms with Crippen molar-refractivity contribution in [3.8, 4) is 11.5 Å². The van der Waals surface area contributed by atoms with E-state index in [-0.39, 0.29) is 24.4 Å². The molecule has 0 saturated heterocycles. The Labute approximate surface area is 113 Å². The average molecular weight is 280 g/mol. The quantitative estimate of drug-likeness (QED) is 0.823. The molecule has 0 saturated carbocycles. The summed E-state index contributed by atoms with van der Waals surface area (Å²) in [4.78, 5) is 22.7. The van der Waals surface area contributed by atoms with E-state index >= 15 is 0 Å². The summed E-state index contributed by atoms with van der Waals surface area (Å²) < 4.78 is 5.81. The fourth-order valence-electron chi connectivity index (χ4n) is 1.70. The van der Waals surface area contributed by atoms with Crippen molar-refractivity contribution in [2.45, 2.75) is 12.8 Å². The van der Waals surface area contributed by atoms with Gasteiger partial charge in [0.2, 0.25) is 0 Å². The van der Waals surface area contributed by atoms with E-state index in [9.17, 15) is 14.7 Å². The molecule has 1 aromatic heterocycles. The second kappa shape index (κ2) is 5.27. The van der Waals surface area contributed by atoms with Gasteiger partial charge in [-0.1, -0.05) is 0 Å². The zero-order valence-corrected chi connectivity index (χ0v) is 11.0. The summed E-state index contributed by atoms with van der Waals surface area (Å²) in [6.07, 6.45) is -0.201. The second-order valence-corrected chi connectivity index (χ2v) is 5.07. The van der Waals surface area contributed by atoms with Gasteiger partial charge in [0.05, 0.1) is 18.4 Å². The van der Waals surface area contributed by atoms with Crippen LogP contribution in [-0.4, -0.2) is 29.1 Å². The molecule has 0 aliphatic heterocycles. The number of hydrogen-bond donors (Lipinski definition) is 2. The first-order valence-electron chi connectivity index (χ1n) is 5.57. The van der Waals surface area contributed by atoms with Crippen molar-refractivity contribution >= 4 is 33.2 Å². The van der Waals surface area contributed by atoms with Gasteiger partial charge in [0.25, 0.3) is 0 Å². The van der Waals surface area contributed by atoms with E-state index < -0.39 is 5.97 Å². The zero-order valence-electron chi connectivity index (χ0n) is 10.2. The van der Waals surface area contributed by atoms with Crippen LogP contribution in [0.3, 0.4) is 0 Å². The minimum Gasteiger partial charge on any atom is -0.504 e. The van der Waals surface area contributed by atoms with Gasteiger partial charge in [-0.15, -0.1) is 11.3 Å². The summed E-state index contributed by atoms with van der Waals surface area (Å²) >= 11 is 1.26. The molecule has 0 fully saturated rings. The monoisotopic (exact) mass is 280 g/mol. The Morgan fingerprint density at radius 2 is 2.00 bits per heavy atom. The van der Waals surface area contributed by atoms with Crippen LogP contribution in [0.5, 0.6) is 11.5 Å². The van der Waals surface area contributed by atoms with Crippen LogP contribution in [0, 0.1) is 0 Å². The summed E-state index contributed by atoms with van der Waals surface area (Å²) in [6, 6.07) is 4.84. The molecule has 2 rings (SSSR count). The molecule has 1 heterocycles. The Kier molecular flexibility index (Phi) is 3.71. The molecule has 1 aromatic carbocycles. The van der Waals surface area contributed by atoms with Gasteiger partial charge < -0.3 is 14.9 Å². The van der Waals surface area contributed by atoms with Crippen LogP contribution < -0.4 is 4.74 Å². The Morgan fingerprint density at radius 1 is 1.26 bits per heavy atom. The number of carbonyl (C=O) groups is 2. The van der Waals surface area contributed by atoms with Crippen LogP contribution in [0.15, 0.2) is 18.2 Å². The molecule has 100 valence electrons. The molecule has 0 atom stereocenters. The van der Waals surface area contributed by atoms with Gasteiger partial charge in [-0.05, 0) is 17.5 Å². The zero-order chi connectivity index (χ0) is 14.0. The molecule has 0 aliphatic carbocycles. The van der Waals surface area contributed by atoms with Gasteiger partial charge in [-0.25, -0.2) is 0 Å². The lowest BCUT2D eigenvalue weighted by molar-refractivity contribution is -0.136. The third kappa shape index (κ3) is 2.85. The number of aliphatic carboxylic acids is 1. The number of methoxy groups -OCH3 is 1. The molecule has 6 heteroatoms. The van der Waals surface area contributed by atoms with Crippen molar-refractivity contribution in [2.24, 2.45) is 0 Å². The molecule has 0 amide bonds. The van der Waals surface area contributed by atoms with E-state index in [2.05, 4.69) is 0 Å². The van der Waals surface area contributed by atoms with Crippen molar-refractivity contribution in [2.75, 3.05) is 7.11 Å². The lowest BCUT2D eigenvalue weighted by atomic mass is 10.1. The van der Waals surface area contributed by atoms with E-state index in [1.165, 1.54) is 24.5 Å². The lowest BCUT2D eigenvalue weighted by Crippen LogP contribution is -2.01. The SMILES string of the molecule is COc1cc2sc(C(=O)CCC(=O)O)cc2cc1O. The Bertz CT molecular complexity index is 644. The number of carboxylic acid groups (broad SMARTS) is 1. The van der Waals surface area contributed by atoms with Crippen molar-refractivity contribution < 1.29 is 24.5 Å². The number of phenols is 1. The molecule has 0 radical (unpaired) electrons. The number of hydrogen-bond acceptors (Lipinski definition) is 5. The van der Waals surface area contributed by atoms with Crippen LogP contribution in [0.4, 0.5) is 0 Å². The molecule has 2 aromatic rings. The van der Waals surface area contributed by atoms with E-state index in [1.54, 1.807) is 12.1 Å². The summed E-state index contributed by atoms with van der Waals surface area (Å²) in [6.45, 7) is 0. The topological polar surface area (TPSA) is 83.8 Å². The Hall–Kier alpha value is -2.08. The number of carbonyl (C=O) groups excluding carboxylic acids is 1. The minimum atomic E-state index is -0.992. The van der Waals surface area contributed by atoms with E-state index in [0.29, 0.717) is 10.6 Å². The lowest BCUT2D eigenvalue weighted by Gasteiger charge is -2.01. The number of fused-ring (bicyclic) bond motifs is 1. The van der Waals surface area contributed by atoms with Crippen molar-refractivity contribution in [1.82, 2.24) is 0 Å². The van der Waals surface area contributed by atoms with Crippen LogP contribution >= 0.6 is 11.3 Å². The number of ether oxygens (including phenoxy) is 1. The molecular formula is C13H12O5S. The minimum absolute atomic E-state index is 0.0114. The van der Waals surface area contributed by atoms with Crippen molar-refractivity contribution in [3.05, 3.63) is 23.1 Å². The van der Waals surface area contributed by atoms with E-state index in [4.69, 9.17) is 9.84 Å². The highest BCUT2D eigenvalue weighted by Crippen LogP contribution is 2.36. The third-order valence-corrected chi connectivity index (χ3v) is 3.80. The molecule has 2 N–H and O–H groups in total. The number of carboxylic acids is 1. The number of phenolic OH excluding ortho intramolecular Hbond substituents is 1. The maximum atomic E-state index is 11.8. The number of aromatic hydroxyl groups is 1. The fraction of sp³-hybridized carbons (Fsp3) is 0.231. The molecule has 5 nitrogen and oxygen atoms in total. The van der Waals surface area contributed by atoms with Crippen molar-refractivity contribution in [3.63, 3.8) is 0 Å². The van der Waals surface area contributed by atoms with Gasteiger partial charge in [0, 0.05) is 17.2 Å². The largest absolute Gasteiger partial charge is 0.504 e. The van der Waals surface area contributed by atoms with Crippen molar-refractivity contribution in [1.29, 1.82) is 0 Å². The summed E-state index contributed by atoms with van der Waals surface area (Å²) in [5.41, 5.74) is 0. The summed E-state index contributed by atoms with van der Waals surface area (Å²) in [5, 5.41) is 18.9. The van der Waals surface area contributed by atoms with Crippen LogP contribution in [0.2, 0.25) is 0 Å². The highest BCUT2D eigenvalue weighted by atomic mass is 32.1. The Balaban J connectivity index is 2.31. The maximum Gasteiger partial charge on any atom is 0.303 e. The second-order valence-electron chi connectivity index (χ2n) is 3.99. The summed E-state index contributed by atoms with van der Waals surface area (Å²) in [5.74, 6) is -0.841. The highest BCUT2D eigenvalue weighted by Gasteiger charge is 2.14. The van der Waals surface area contributed by atoms with Gasteiger partial charge in [0.15, 0.2) is 17.3 Å². The van der Waals surface area contributed by atoms with Gasteiger partial charge >= 0.3 is 5.97 Å². The first-order valence-corrected chi connectivity index (χ1v) is 6.38. The van der Waals surface area contributed by atoms with Crippen LogP contribution in [-0.2, 0) is 4.79 Å². The Morgan fingerprint density at radius 3 is 2.63 bits per heavy atom. The number of Topliss-reactive ketones (excluding diaryl/α,β-unsaturated/α-hetero) is 1. The standard InChI is InChI=1S/C13H12O5S/c1-18-10-6-11-7(4-9(10)15)5-12(19-11)8(14)2-3-13(16)17/h4-6,15H,2-3H2,1H3,(H,16,17). The predicted octanol–water partition coefficient (Wildman–Crippen LogP) is 2.66. The first kappa shape index (κ1) is 13.4. The summed E-state index contributed by atoms with van der Waals surface area (Å²) in [7, 11) is 1.45. The van der Waals surface area contributed by atoms with Gasteiger partial charge in [-0.2, -0.15) is 0 Å². The maximum absolute atomic E-state index is 11.8. The van der Waals surface area contributed by atoms with E-state index in [0.717, 1.165) is 10.1 Å². The number of rotatable bonds is 5. The smallest absolute Gasteiger partial charge is 0.303 e. The highest BCUT2D eigenvalue weighted by molar-refractivity contribution is 7.20. The molecular weight excluding hydrogens is 268 g/mol. The third-order valence-electron chi connectivity index (χ3n) is 2.66. The van der Waals surface area contributed by atoms with E-state index in [1.807, 2.05) is 0 Å². The van der Waals surface area contributed by atoms with Crippen LogP contribution in [0.1, 0.15) is 22.5 Å². The van der Waals surface area contributed by atoms with Gasteiger partial charge in [0.1, 0.15) is 0 Å². The first-order chi connectivity index (χ1) is 9.01. The molecule has 0 spiro atoms. The number of thiophene rings is 1. The molecule has 0 bridgehead atoms. The van der Waals surface area contributed by atoms with Crippen LogP contribution in [0.25, 0.3) is 10.1 Å². The van der Waals surface area contributed by atoms with Gasteiger partial charge in [-0.3, -0.25) is 9.59 Å². The normalized spacial score (nSPS) is 10.6. The molecule has 0 aliphatic rings. The fourth-order valence-corrected chi connectivity index (χ4v) is 2.74. The predicted molar refractivity (Wildman–Crippen MR) is 71.2 cm³/mol. The number of ketones is 1. The number of benzene rings is 1.